The molecule has 0 aliphatic heterocycles. The van der Waals surface area contributed by atoms with Crippen LogP contribution in [0.25, 0.3) is 5.65 Å². The third kappa shape index (κ3) is 4.55. The van der Waals surface area contributed by atoms with Gasteiger partial charge in [-0.25, -0.2) is 4.98 Å². The van der Waals surface area contributed by atoms with Crippen LogP contribution in [0, 0.1) is 0 Å². The van der Waals surface area contributed by atoms with Gasteiger partial charge in [0, 0.05) is 37.5 Å². The van der Waals surface area contributed by atoms with E-state index in [1.54, 1.807) is 25.3 Å². The third-order valence-electron chi connectivity index (χ3n) is 4.38. The van der Waals surface area contributed by atoms with E-state index in [9.17, 15) is 4.79 Å². The highest BCUT2D eigenvalue weighted by molar-refractivity contribution is 6.32. The van der Waals surface area contributed by atoms with Gasteiger partial charge in [-0.2, -0.15) is 0 Å². The van der Waals surface area contributed by atoms with E-state index in [0.717, 1.165) is 11.3 Å². The van der Waals surface area contributed by atoms with Crippen molar-refractivity contribution in [1.82, 2.24) is 19.9 Å². The molecular formula is C21H19ClN4O4. The van der Waals surface area contributed by atoms with Gasteiger partial charge in [-0.1, -0.05) is 22.8 Å². The van der Waals surface area contributed by atoms with E-state index in [4.69, 9.17) is 25.6 Å². The molecule has 0 unspecified atom stereocenters. The second-order valence-electron chi connectivity index (χ2n) is 6.47. The summed E-state index contributed by atoms with van der Waals surface area (Å²) in [6.07, 6.45) is 4.48. The predicted molar refractivity (Wildman–Crippen MR) is 110 cm³/mol. The number of ether oxygens (including phenoxy) is 2. The first-order valence-corrected chi connectivity index (χ1v) is 9.63. The van der Waals surface area contributed by atoms with Gasteiger partial charge in [-0.05, 0) is 24.3 Å². The summed E-state index contributed by atoms with van der Waals surface area (Å²) in [5.74, 6) is 1.20. The molecule has 4 aromatic rings. The van der Waals surface area contributed by atoms with Crippen LogP contribution < -0.4 is 14.8 Å². The Morgan fingerprint density at radius 3 is 2.97 bits per heavy atom. The molecule has 0 aliphatic carbocycles. The average molecular weight is 427 g/mol. The molecule has 1 aromatic carbocycles. The number of amides is 1. The lowest BCUT2D eigenvalue weighted by molar-refractivity contribution is 0.0944. The topological polar surface area (TPSA) is 90.9 Å². The van der Waals surface area contributed by atoms with Crippen molar-refractivity contribution in [2.24, 2.45) is 0 Å². The molecule has 0 saturated heterocycles. The Balaban J connectivity index is 1.28. The molecular weight excluding hydrogens is 408 g/mol. The monoisotopic (exact) mass is 426 g/mol. The Hall–Kier alpha value is -3.52. The largest absolute Gasteiger partial charge is 0.497 e. The number of methoxy groups -OCH3 is 1. The maximum absolute atomic E-state index is 12.3. The summed E-state index contributed by atoms with van der Waals surface area (Å²) in [4.78, 5) is 16.8. The van der Waals surface area contributed by atoms with Crippen LogP contribution in [0.4, 0.5) is 0 Å². The maximum atomic E-state index is 12.3. The van der Waals surface area contributed by atoms with Crippen molar-refractivity contribution < 1.29 is 18.8 Å². The summed E-state index contributed by atoms with van der Waals surface area (Å²) in [6, 6.07) is 12.4. The Labute approximate surface area is 177 Å². The van der Waals surface area contributed by atoms with Gasteiger partial charge in [0.2, 0.25) is 0 Å². The summed E-state index contributed by atoms with van der Waals surface area (Å²) in [7, 11) is 1.56. The minimum Gasteiger partial charge on any atom is -0.497 e. The van der Waals surface area contributed by atoms with Crippen LogP contribution in [0.1, 0.15) is 21.9 Å². The van der Waals surface area contributed by atoms with E-state index < -0.39 is 0 Å². The van der Waals surface area contributed by atoms with Crippen molar-refractivity contribution >= 4 is 23.2 Å². The molecule has 0 aliphatic rings. The lowest BCUT2D eigenvalue weighted by Crippen LogP contribution is -2.26. The van der Waals surface area contributed by atoms with E-state index in [0.29, 0.717) is 35.2 Å². The number of rotatable bonds is 8. The van der Waals surface area contributed by atoms with Crippen LogP contribution in [0.2, 0.25) is 5.02 Å². The zero-order chi connectivity index (χ0) is 20.9. The number of pyridine rings is 1. The van der Waals surface area contributed by atoms with Crippen LogP contribution >= 0.6 is 11.6 Å². The highest BCUT2D eigenvalue weighted by Gasteiger charge is 2.13. The summed E-state index contributed by atoms with van der Waals surface area (Å²) in [5.41, 5.74) is 1.95. The van der Waals surface area contributed by atoms with Gasteiger partial charge in [0.1, 0.15) is 23.8 Å². The number of benzene rings is 1. The van der Waals surface area contributed by atoms with Gasteiger partial charge in [0.15, 0.2) is 11.5 Å². The number of nitrogens with zero attached hydrogens (tertiary/aromatic N) is 3. The molecule has 0 saturated carbocycles. The van der Waals surface area contributed by atoms with Gasteiger partial charge in [0.25, 0.3) is 5.91 Å². The number of halogens is 1. The lowest BCUT2D eigenvalue weighted by Gasteiger charge is -2.07. The molecule has 1 N–H and O–H groups in total. The quantitative estimate of drug-likeness (QED) is 0.463. The molecule has 30 heavy (non-hydrogen) atoms. The van der Waals surface area contributed by atoms with E-state index in [1.807, 2.05) is 35.0 Å². The highest BCUT2D eigenvalue weighted by atomic mass is 35.5. The smallest absolute Gasteiger partial charge is 0.273 e. The minimum atomic E-state index is -0.323. The van der Waals surface area contributed by atoms with Crippen LogP contribution in [-0.2, 0) is 13.0 Å². The minimum absolute atomic E-state index is 0.0908. The first kappa shape index (κ1) is 19.8. The SMILES string of the molecule is COc1ccc(OCc2cc(C(=O)NCCc3cn4ccccc4n3)no2)c(Cl)c1. The predicted octanol–water partition coefficient (Wildman–Crippen LogP) is 3.54. The molecule has 4 rings (SSSR count). The number of carbonyl (C=O) groups is 1. The fourth-order valence-electron chi connectivity index (χ4n) is 2.86. The molecule has 0 bridgehead atoms. The van der Waals surface area contributed by atoms with Crippen molar-refractivity contribution in [2.75, 3.05) is 13.7 Å². The van der Waals surface area contributed by atoms with Crippen molar-refractivity contribution in [3.05, 3.63) is 77.0 Å². The Kier molecular flexibility index (Phi) is 5.85. The fourth-order valence-corrected chi connectivity index (χ4v) is 3.09. The van der Waals surface area contributed by atoms with Gasteiger partial charge >= 0.3 is 0 Å². The fraction of sp³-hybridized carbons (Fsp3) is 0.190. The number of aromatic nitrogens is 3. The number of hydrogen-bond acceptors (Lipinski definition) is 6. The van der Waals surface area contributed by atoms with Crippen LogP contribution in [0.5, 0.6) is 11.5 Å². The number of hydrogen-bond donors (Lipinski definition) is 1. The van der Waals surface area contributed by atoms with Gasteiger partial charge in [-0.15, -0.1) is 0 Å². The van der Waals surface area contributed by atoms with E-state index in [-0.39, 0.29) is 18.2 Å². The number of nitrogens with one attached hydrogen (secondary N) is 1. The average Bonchev–Trinajstić information content (AvgIpc) is 3.39. The molecule has 3 heterocycles. The van der Waals surface area contributed by atoms with Crippen LogP contribution in [0.15, 0.2) is 59.4 Å². The van der Waals surface area contributed by atoms with Crippen molar-refractivity contribution in [1.29, 1.82) is 0 Å². The first-order valence-electron chi connectivity index (χ1n) is 9.25. The second-order valence-corrected chi connectivity index (χ2v) is 6.87. The molecule has 3 aromatic heterocycles. The summed E-state index contributed by atoms with van der Waals surface area (Å²) >= 11 is 6.14. The van der Waals surface area contributed by atoms with Crippen molar-refractivity contribution in [2.45, 2.75) is 13.0 Å². The summed E-state index contributed by atoms with van der Waals surface area (Å²) < 4.78 is 17.8. The first-order chi connectivity index (χ1) is 14.6. The molecule has 0 atom stereocenters. The zero-order valence-electron chi connectivity index (χ0n) is 16.2. The van der Waals surface area contributed by atoms with Gasteiger partial charge < -0.3 is 23.7 Å². The molecule has 0 spiro atoms. The number of carbonyl (C=O) groups excluding carboxylic acids is 1. The zero-order valence-corrected chi connectivity index (χ0v) is 16.9. The lowest BCUT2D eigenvalue weighted by atomic mass is 10.3. The van der Waals surface area contributed by atoms with Crippen molar-refractivity contribution in [3.63, 3.8) is 0 Å². The second kappa shape index (κ2) is 8.87. The van der Waals surface area contributed by atoms with E-state index in [2.05, 4.69) is 15.5 Å². The van der Waals surface area contributed by atoms with E-state index >= 15 is 0 Å². The van der Waals surface area contributed by atoms with Gasteiger partial charge in [0.05, 0.1) is 17.8 Å². The Morgan fingerprint density at radius 2 is 2.17 bits per heavy atom. The molecule has 154 valence electrons. The van der Waals surface area contributed by atoms with E-state index in [1.165, 1.54) is 6.07 Å². The Bertz CT molecular complexity index is 1140. The van der Waals surface area contributed by atoms with Crippen LogP contribution in [0.3, 0.4) is 0 Å². The highest BCUT2D eigenvalue weighted by Crippen LogP contribution is 2.29. The molecule has 8 nitrogen and oxygen atoms in total. The third-order valence-corrected chi connectivity index (χ3v) is 4.68. The molecule has 9 heteroatoms. The number of fused-ring (bicyclic) bond motifs is 1. The number of imidazole rings is 1. The van der Waals surface area contributed by atoms with Crippen LogP contribution in [-0.4, -0.2) is 34.1 Å². The summed E-state index contributed by atoms with van der Waals surface area (Å²) in [5, 5.41) is 7.03. The molecule has 1 amide bonds. The van der Waals surface area contributed by atoms with Gasteiger partial charge in [-0.3, -0.25) is 4.79 Å². The summed E-state index contributed by atoms with van der Waals surface area (Å²) in [6.45, 7) is 0.524. The van der Waals surface area contributed by atoms with Crippen molar-refractivity contribution in [3.8, 4) is 11.5 Å². The Morgan fingerprint density at radius 1 is 1.27 bits per heavy atom. The standard InChI is InChI=1S/C21H19ClN4O4/c1-28-15-5-6-19(17(22)10-15)29-13-16-11-18(25-30-16)21(27)23-8-7-14-12-26-9-3-2-4-20(26)24-14/h2-6,9-12H,7-8,13H2,1H3,(H,23,27). The normalized spacial score (nSPS) is 10.9. The molecule has 0 radical (unpaired) electrons. The maximum Gasteiger partial charge on any atom is 0.273 e. The molecule has 0 fully saturated rings.